The highest BCUT2D eigenvalue weighted by Gasteiger charge is 2.30. The van der Waals surface area contributed by atoms with Crippen molar-refractivity contribution in [1.82, 2.24) is 9.55 Å². The van der Waals surface area contributed by atoms with E-state index in [1.165, 1.54) is 0 Å². The minimum absolute atomic E-state index is 0.316. The maximum absolute atomic E-state index is 8.36. The fourth-order valence-corrected chi connectivity index (χ4v) is 3.22. The van der Waals surface area contributed by atoms with Crippen LogP contribution in [0.25, 0.3) is 0 Å². The predicted octanol–water partition coefficient (Wildman–Crippen LogP) is 5.05. The van der Waals surface area contributed by atoms with Crippen molar-refractivity contribution in [1.29, 1.82) is 0 Å². The van der Waals surface area contributed by atoms with Gasteiger partial charge in [0.2, 0.25) is 5.18 Å². The number of hydrogen-bond donors (Lipinski definition) is 1. The summed E-state index contributed by atoms with van der Waals surface area (Å²) in [6, 6.07) is 14.7. The zero-order valence-electron chi connectivity index (χ0n) is 17.4. The Labute approximate surface area is 205 Å². The van der Waals surface area contributed by atoms with Crippen LogP contribution in [0.2, 0.25) is 10.0 Å². The van der Waals surface area contributed by atoms with Crippen LogP contribution in [0, 0.1) is 10.1 Å². The molecule has 0 aliphatic heterocycles. The van der Waals surface area contributed by atoms with E-state index in [4.69, 9.17) is 64.3 Å². The first-order valence-electron chi connectivity index (χ1n) is 9.63. The molecular weight excluding hydrogens is 497 g/mol. The van der Waals surface area contributed by atoms with Gasteiger partial charge in [-0.15, -0.1) is 10.1 Å². The molecule has 0 amide bonds. The minimum Gasteiger partial charge on any atom is -0.491 e. The Balaban J connectivity index is 0.000000890. The summed E-state index contributed by atoms with van der Waals surface area (Å²) >= 11 is 18.6. The monoisotopic (exact) mass is 517 g/mol. The summed E-state index contributed by atoms with van der Waals surface area (Å²) in [7, 11) is 0. The van der Waals surface area contributed by atoms with E-state index in [0.717, 1.165) is 11.3 Å². The van der Waals surface area contributed by atoms with Gasteiger partial charge in [-0.25, -0.2) is 4.98 Å². The molecule has 0 aliphatic rings. The van der Waals surface area contributed by atoms with E-state index in [9.17, 15) is 0 Å². The topological polar surface area (TPSA) is 109 Å². The van der Waals surface area contributed by atoms with Crippen molar-refractivity contribution in [3.05, 3.63) is 93.0 Å². The van der Waals surface area contributed by atoms with Gasteiger partial charge in [0, 0.05) is 28.9 Å². The molecule has 178 valence electrons. The Bertz CT molecular complexity index is 954. The van der Waals surface area contributed by atoms with Gasteiger partial charge < -0.3 is 19.4 Å². The van der Waals surface area contributed by atoms with E-state index >= 15 is 0 Å². The van der Waals surface area contributed by atoms with Crippen LogP contribution in [0.1, 0.15) is 5.56 Å². The number of halogens is 3. The number of imidazole rings is 1. The van der Waals surface area contributed by atoms with E-state index < -0.39 is 10.3 Å². The standard InChI is InChI=1S/C21H21Cl3N2O3.HNO3/c22-18-3-1-17(2-4-18)15-21(24,26-10-9-25-16-26)29-14-12-27-11-13-28-20-7-5-19(23)6-8-20;2-1(3)4/h1-10,16H,11-15H2;(H,2,3,4). The zero-order chi connectivity index (χ0) is 24.1. The van der Waals surface area contributed by atoms with Crippen molar-refractivity contribution in [2.75, 3.05) is 26.4 Å². The van der Waals surface area contributed by atoms with E-state index in [1.54, 1.807) is 35.4 Å². The molecule has 0 saturated heterocycles. The van der Waals surface area contributed by atoms with Gasteiger partial charge in [-0.3, -0.25) is 4.57 Å². The second-order valence-electron chi connectivity index (χ2n) is 6.46. The quantitative estimate of drug-likeness (QED) is 0.164. The van der Waals surface area contributed by atoms with Gasteiger partial charge in [0.15, 0.2) is 0 Å². The fraction of sp³-hybridized carbons (Fsp3) is 0.286. The Kier molecular flexibility index (Phi) is 11.2. The molecule has 1 unspecified atom stereocenters. The molecule has 9 nitrogen and oxygen atoms in total. The molecule has 0 bridgehead atoms. The number of rotatable bonds is 11. The second-order valence-corrected chi connectivity index (χ2v) is 7.93. The van der Waals surface area contributed by atoms with Crippen LogP contribution in [0.15, 0.2) is 67.3 Å². The molecule has 0 saturated carbocycles. The lowest BCUT2D eigenvalue weighted by Gasteiger charge is -2.29. The average Bonchev–Trinajstić information content (AvgIpc) is 3.32. The van der Waals surface area contributed by atoms with Gasteiger partial charge in [0.25, 0.3) is 5.09 Å². The Hall–Kier alpha value is -2.56. The third-order valence-corrected chi connectivity index (χ3v) is 5.03. The number of nitrogens with zero attached hydrogens (tertiary/aromatic N) is 3. The molecule has 1 heterocycles. The fourth-order valence-electron chi connectivity index (χ4n) is 2.64. The smallest absolute Gasteiger partial charge is 0.291 e. The molecule has 12 heteroatoms. The SMILES string of the molecule is Clc1ccc(CC(Cl)(OCCOCCOc2ccc(Cl)cc2)n2ccnc2)cc1.O=[N+]([O-])O. The summed E-state index contributed by atoms with van der Waals surface area (Å²) < 4.78 is 18.9. The van der Waals surface area contributed by atoms with E-state index in [1.807, 2.05) is 36.4 Å². The third-order valence-electron chi connectivity index (χ3n) is 4.09. The van der Waals surface area contributed by atoms with Crippen molar-refractivity contribution >= 4 is 34.8 Å². The number of hydrogen-bond acceptors (Lipinski definition) is 6. The van der Waals surface area contributed by atoms with Crippen LogP contribution in [0.3, 0.4) is 0 Å². The largest absolute Gasteiger partial charge is 0.491 e. The normalized spacial score (nSPS) is 12.3. The summed E-state index contributed by atoms with van der Waals surface area (Å²) in [5.74, 6) is 0.747. The van der Waals surface area contributed by atoms with Crippen molar-refractivity contribution in [3.8, 4) is 5.75 Å². The predicted molar refractivity (Wildman–Crippen MR) is 124 cm³/mol. The molecule has 0 aliphatic carbocycles. The second kappa shape index (κ2) is 13.9. The van der Waals surface area contributed by atoms with Crippen LogP contribution < -0.4 is 4.74 Å². The van der Waals surface area contributed by atoms with E-state index in [0.29, 0.717) is 42.9 Å². The number of benzene rings is 2. The van der Waals surface area contributed by atoms with Crippen LogP contribution in [-0.2, 0) is 21.1 Å². The van der Waals surface area contributed by atoms with Gasteiger partial charge in [-0.1, -0.05) is 46.9 Å². The van der Waals surface area contributed by atoms with Gasteiger partial charge in [-0.05, 0) is 42.0 Å². The lowest BCUT2D eigenvalue weighted by molar-refractivity contribution is -0.742. The van der Waals surface area contributed by atoms with Crippen LogP contribution in [-0.4, -0.2) is 46.3 Å². The maximum Gasteiger partial charge on any atom is 0.291 e. The molecule has 0 fully saturated rings. The molecule has 1 atom stereocenters. The lowest BCUT2D eigenvalue weighted by Crippen LogP contribution is -2.33. The molecule has 0 spiro atoms. The highest BCUT2D eigenvalue weighted by molar-refractivity contribution is 6.30. The number of alkyl halides is 1. The molecule has 2 aromatic carbocycles. The molecule has 3 rings (SSSR count). The first kappa shape index (κ1) is 26.7. The minimum atomic E-state index is -1.50. The van der Waals surface area contributed by atoms with Gasteiger partial charge >= 0.3 is 0 Å². The Morgan fingerprint density at radius 2 is 1.58 bits per heavy atom. The summed E-state index contributed by atoms with van der Waals surface area (Å²) in [4.78, 5) is 12.4. The summed E-state index contributed by atoms with van der Waals surface area (Å²) in [5.41, 5.74) is 0.996. The molecule has 3 aromatic rings. The molecule has 1 N–H and O–H groups in total. The number of aromatic nitrogens is 2. The molecular formula is C21H22Cl3N3O6. The van der Waals surface area contributed by atoms with Gasteiger partial charge in [0.1, 0.15) is 12.4 Å². The Morgan fingerprint density at radius 3 is 2.15 bits per heavy atom. The first-order valence-corrected chi connectivity index (χ1v) is 10.8. The number of ether oxygens (including phenoxy) is 3. The molecule has 0 radical (unpaired) electrons. The van der Waals surface area contributed by atoms with Gasteiger partial charge in [-0.2, -0.15) is 0 Å². The van der Waals surface area contributed by atoms with Crippen molar-refractivity contribution in [2.45, 2.75) is 11.6 Å². The maximum atomic E-state index is 8.36. The highest BCUT2D eigenvalue weighted by Crippen LogP contribution is 2.29. The summed E-state index contributed by atoms with van der Waals surface area (Å²) in [5, 5.41) is 13.9. The van der Waals surface area contributed by atoms with Crippen molar-refractivity contribution < 1.29 is 24.5 Å². The molecule has 33 heavy (non-hydrogen) atoms. The zero-order valence-corrected chi connectivity index (χ0v) is 19.6. The summed E-state index contributed by atoms with van der Waals surface area (Å²) in [6.45, 7) is 1.56. The van der Waals surface area contributed by atoms with Crippen LogP contribution in [0.5, 0.6) is 5.75 Å². The van der Waals surface area contributed by atoms with Gasteiger partial charge in [0.05, 0.1) is 26.1 Å². The highest BCUT2D eigenvalue weighted by atomic mass is 35.5. The van der Waals surface area contributed by atoms with Crippen molar-refractivity contribution in [3.63, 3.8) is 0 Å². The van der Waals surface area contributed by atoms with E-state index in [2.05, 4.69) is 4.98 Å². The summed E-state index contributed by atoms with van der Waals surface area (Å²) in [6.07, 6.45) is 5.50. The lowest BCUT2D eigenvalue weighted by atomic mass is 10.1. The molecule has 1 aromatic heterocycles. The average molecular weight is 519 g/mol. The third kappa shape index (κ3) is 10.3. The van der Waals surface area contributed by atoms with Crippen molar-refractivity contribution in [2.24, 2.45) is 0 Å². The van der Waals surface area contributed by atoms with Crippen LogP contribution >= 0.6 is 34.8 Å². The Morgan fingerprint density at radius 1 is 1.00 bits per heavy atom. The first-order chi connectivity index (χ1) is 15.8. The van der Waals surface area contributed by atoms with E-state index in [-0.39, 0.29) is 0 Å². The van der Waals surface area contributed by atoms with Crippen LogP contribution in [0.4, 0.5) is 0 Å².